The van der Waals surface area contributed by atoms with Crippen LogP contribution in [-0.2, 0) is 4.79 Å². The van der Waals surface area contributed by atoms with Crippen LogP contribution in [-0.4, -0.2) is 25.2 Å². The highest BCUT2D eigenvalue weighted by Crippen LogP contribution is 2.43. The summed E-state index contributed by atoms with van der Waals surface area (Å²) < 4.78 is 39.5. The standard InChI is InChI=1S/C12H15F3N2OS/c1-8(9-3-2-6-19-9)17-10(18)11(12(13,14)15)4-5-16-7-11/h2-3,6,8,16H,4-5,7H2,1H3,(H,17,18)/t8-,11?/m1/s1. The third kappa shape index (κ3) is 2.62. The fourth-order valence-corrected chi connectivity index (χ4v) is 2.93. The van der Waals surface area contributed by atoms with E-state index in [1.165, 1.54) is 11.3 Å². The first-order valence-electron chi connectivity index (χ1n) is 5.99. The maximum Gasteiger partial charge on any atom is 0.404 e. The minimum absolute atomic E-state index is 0.209. The molecule has 1 unspecified atom stereocenters. The number of carbonyl (C=O) groups excluding carboxylic acids is 1. The Morgan fingerprint density at radius 3 is 2.79 bits per heavy atom. The first-order valence-corrected chi connectivity index (χ1v) is 6.86. The van der Waals surface area contributed by atoms with Crippen molar-refractivity contribution in [2.45, 2.75) is 25.6 Å². The molecule has 3 nitrogen and oxygen atoms in total. The number of hydrogen-bond donors (Lipinski definition) is 2. The zero-order valence-corrected chi connectivity index (χ0v) is 11.2. The molecule has 0 saturated carbocycles. The number of thiophene rings is 1. The number of halogens is 3. The first-order chi connectivity index (χ1) is 8.87. The molecule has 106 valence electrons. The molecule has 0 aromatic carbocycles. The predicted molar refractivity (Wildman–Crippen MR) is 66.9 cm³/mol. The predicted octanol–water partition coefficient (Wildman–Crippen LogP) is 2.47. The van der Waals surface area contributed by atoms with E-state index in [-0.39, 0.29) is 19.5 Å². The maximum atomic E-state index is 13.2. The molecule has 2 rings (SSSR count). The van der Waals surface area contributed by atoms with Crippen LogP contribution in [0.1, 0.15) is 24.3 Å². The zero-order chi connectivity index (χ0) is 14.1. The van der Waals surface area contributed by atoms with Gasteiger partial charge in [-0.25, -0.2) is 0 Å². The molecular formula is C12H15F3N2OS. The average molecular weight is 292 g/mol. The maximum absolute atomic E-state index is 13.2. The van der Waals surface area contributed by atoms with Crippen LogP contribution in [0.2, 0.25) is 0 Å². The van der Waals surface area contributed by atoms with Crippen LogP contribution in [0.4, 0.5) is 13.2 Å². The Hall–Kier alpha value is -1.08. The fourth-order valence-electron chi connectivity index (χ4n) is 2.20. The summed E-state index contributed by atoms with van der Waals surface area (Å²) in [6, 6.07) is 3.19. The summed E-state index contributed by atoms with van der Waals surface area (Å²) in [4.78, 5) is 12.9. The first kappa shape index (κ1) is 14.3. The number of alkyl halides is 3. The quantitative estimate of drug-likeness (QED) is 0.898. The third-order valence-electron chi connectivity index (χ3n) is 3.45. The second-order valence-electron chi connectivity index (χ2n) is 4.72. The van der Waals surface area contributed by atoms with E-state index in [0.29, 0.717) is 0 Å². The van der Waals surface area contributed by atoms with E-state index < -0.39 is 23.5 Å². The lowest BCUT2D eigenvalue weighted by Gasteiger charge is -2.30. The van der Waals surface area contributed by atoms with Gasteiger partial charge in [0.2, 0.25) is 5.91 Å². The Morgan fingerprint density at radius 2 is 2.32 bits per heavy atom. The van der Waals surface area contributed by atoms with Crippen molar-refractivity contribution in [1.29, 1.82) is 0 Å². The van der Waals surface area contributed by atoms with Gasteiger partial charge in [0.05, 0.1) is 6.04 Å². The summed E-state index contributed by atoms with van der Waals surface area (Å²) >= 11 is 1.41. The molecule has 0 spiro atoms. The summed E-state index contributed by atoms with van der Waals surface area (Å²) in [6.07, 6.45) is -4.74. The lowest BCUT2D eigenvalue weighted by molar-refractivity contribution is -0.216. The van der Waals surface area contributed by atoms with Gasteiger partial charge in [0.1, 0.15) is 0 Å². The molecule has 1 aliphatic rings. The molecule has 0 bridgehead atoms. The normalized spacial score (nSPS) is 25.3. The topological polar surface area (TPSA) is 41.1 Å². The number of hydrogen-bond acceptors (Lipinski definition) is 3. The highest BCUT2D eigenvalue weighted by atomic mass is 32.1. The monoisotopic (exact) mass is 292 g/mol. The Labute approximate surface area is 113 Å². The number of nitrogens with one attached hydrogen (secondary N) is 2. The Kier molecular flexibility index (Phi) is 3.87. The van der Waals surface area contributed by atoms with Crippen molar-refractivity contribution in [3.63, 3.8) is 0 Å². The van der Waals surface area contributed by atoms with Gasteiger partial charge in [0, 0.05) is 11.4 Å². The lowest BCUT2D eigenvalue weighted by Crippen LogP contribution is -2.52. The van der Waals surface area contributed by atoms with E-state index in [2.05, 4.69) is 10.6 Å². The molecule has 1 fully saturated rings. The van der Waals surface area contributed by atoms with Crippen molar-refractivity contribution in [2.75, 3.05) is 13.1 Å². The zero-order valence-electron chi connectivity index (χ0n) is 10.4. The number of carbonyl (C=O) groups is 1. The fraction of sp³-hybridized carbons (Fsp3) is 0.583. The van der Waals surface area contributed by atoms with Crippen LogP contribution < -0.4 is 10.6 Å². The van der Waals surface area contributed by atoms with Gasteiger partial charge in [-0.15, -0.1) is 11.3 Å². The van der Waals surface area contributed by atoms with Crippen molar-refractivity contribution in [3.8, 4) is 0 Å². The van der Waals surface area contributed by atoms with Gasteiger partial charge >= 0.3 is 6.18 Å². The Bertz CT molecular complexity index is 438. The summed E-state index contributed by atoms with van der Waals surface area (Å²) in [5.41, 5.74) is -2.29. The Balaban J connectivity index is 2.13. The van der Waals surface area contributed by atoms with E-state index in [0.717, 1.165) is 4.88 Å². The van der Waals surface area contributed by atoms with E-state index >= 15 is 0 Å². The third-order valence-corrected chi connectivity index (χ3v) is 4.51. The summed E-state index contributed by atoms with van der Waals surface area (Å²) in [5.74, 6) is -0.939. The lowest BCUT2D eigenvalue weighted by atomic mass is 9.85. The summed E-state index contributed by atoms with van der Waals surface area (Å²) in [7, 11) is 0. The van der Waals surface area contributed by atoms with Gasteiger partial charge in [-0.3, -0.25) is 4.79 Å². The van der Waals surface area contributed by atoms with Gasteiger partial charge in [0.15, 0.2) is 5.41 Å². The van der Waals surface area contributed by atoms with Crippen LogP contribution in [0.5, 0.6) is 0 Å². The van der Waals surface area contributed by atoms with E-state index in [4.69, 9.17) is 0 Å². The highest BCUT2D eigenvalue weighted by Gasteiger charge is 2.61. The summed E-state index contributed by atoms with van der Waals surface area (Å²) in [5, 5.41) is 6.94. The van der Waals surface area contributed by atoms with Gasteiger partial charge in [-0.05, 0) is 31.3 Å². The van der Waals surface area contributed by atoms with Crippen molar-refractivity contribution in [3.05, 3.63) is 22.4 Å². The molecule has 2 atom stereocenters. The van der Waals surface area contributed by atoms with Crippen molar-refractivity contribution >= 4 is 17.2 Å². The van der Waals surface area contributed by atoms with E-state index in [9.17, 15) is 18.0 Å². The van der Waals surface area contributed by atoms with E-state index in [1.807, 2.05) is 5.38 Å². The van der Waals surface area contributed by atoms with Crippen LogP contribution >= 0.6 is 11.3 Å². The molecule has 0 aliphatic carbocycles. The molecule has 0 radical (unpaired) electrons. The van der Waals surface area contributed by atoms with Gasteiger partial charge in [0.25, 0.3) is 0 Å². The molecule has 1 aliphatic heterocycles. The van der Waals surface area contributed by atoms with Gasteiger partial charge < -0.3 is 10.6 Å². The van der Waals surface area contributed by atoms with Crippen LogP contribution in [0, 0.1) is 5.41 Å². The molecule has 1 amide bonds. The second kappa shape index (κ2) is 5.13. The smallest absolute Gasteiger partial charge is 0.348 e. The molecular weight excluding hydrogens is 277 g/mol. The highest BCUT2D eigenvalue weighted by molar-refractivity contribution is 7.10. The number of rotatable bonds is 3. The van der Waals surface area contributed by atoms with Crippen LogP contribution in [0.15, 0.2) is 17.5 Å². The number of amides is 1. The molecule has 1 aromatic heterocycles. The average Bonchev–Trinajstić information content (AvgIpc) is 3.00. The molecule has 7 heteroatoms. The van der Waals surface area contributed by atoms with Crippen molar-refractivity contribution in [2.24, 2.45) is 5.41 Å². The van der Waals surface area contributed by atoms with Gasteiger partial charge in [-0.1, -0.05) is 6.07 Å². The minimum Gasteiger partial charge on any atom is -0.348 e. The van der Waals surface area contributed by atoms with Crippen molar-refractivity contribution < 1.29 is 18.0 Å². The van der Waals surface area contributed by atoms with Crippen molar-refractivity contribution in [1.82, 2.24) is 10.6 Å². The SMILES string of the molecule is C[C@@H](NC(=O)C1(C(F)(F)F)CCNC1)c1cccs1. The molecule has 2 N–H and O–H groups in total. The van der Waals surface area contributed by atoms with Gasteiger partial charge in [-0.2, -0.15) is 13.2 Å². The van der Waals surface area contributed by atoms with E-state index in [1.54, 1.807) is 19.1 Å². The van der Waals surface area contributed by atoms with Crippen LogP contribution in [0.25, 0.3) is 0 Å². The summed E-state index contributed by atoms with van der Waals surface area (Å²) in [6.45, 7) is 1.55. The minimum atomic E-state index is -4.53. The molecule has 1 saturated heterocycles. The molecule has 19 heavy (non-hydrogen) atoms. The molecule has 1 aromatic rings. The second-order valence-corrected chi connectivity index (χ2v) is 5.70. The Morgan fingerprint density at radius 1 is 1.58 bits per heavy atom. The molecule has 2 heterocycles. The largest absolute Gasteiger partial charge is 0.404 e. The van der Waals surface area contributed by atoms with Crippen LogP contribution in [0.3, 0.4) is 0 Å².